The van der Waals surface area contributed by atoms with Gasteiger partial charge in [0.1, 0.15) is 15.5 Å². The fraction of sp³-hybridized carbons (Fsp3) is 0.409. The minimum atomic E-state index is -3.49. The molecule has 2 aromatic carbocycles. The van der Waals surface area contributed by atoms with E-state index in [2.05, 4.69) is 9.36 Å². The molecule has 2 amide bonds. The molecule has 0 saturated carbocycles. The number of nitrogens with zero attached hydrogens (tertiary/aromatic N) is 2. The summed E-state index contributed by atoms with van der Waals surface area (Å²) < 4.78 is 22.2. The second-order valence-corrected chi connectivity index (χ2v) is 10.2. The maximum absolute atomic E-state index is 13.2. The van der Waals surface area contributed by atoms with E-state index in [-0.39, 0.29) is 5.92 Å². The Labute approximate surface area is 178 Å². The van der Waals surface area contributed by atoms with Gasteiger partial charge in [0.15, 0.2) is 0 Å². The fourth-order valence-electron chi connectivity index (χ4n) is 2.87. The van der Waals surface area contributed by atoms with Gasteiger partial charge in [-0.3, -0.25) is 4.79 Å². The molecule has 2 N–H and O–H groups in total. The average Bonchev–Trinajstić information content (AvgIpc) is 2.62. The first-order valence-corrected chi connectivity index (χ1v) is 11.3. The molecule has 0 aromatic heterocycles. The molecule has 0 fully saturated rings. The minimum absolute atomic E-state index is 0.116. The van der Waals surface area contributed by atoms with Crippen LogP contribution in [0.2, 0.25) is 0 Å². The summed E-state index contributed by atoms with van der Waals surface area (Å²) in [6.07, 6.45) is 0.782. The van der Waals surface area contributed by atoms with E-state index in [1.165, 1.54) is 6.21 Å². The Kier molecular flexibility index (Phi) is 7.49. The van der Waals surface area contributed by atoms with Gasteiger partial charge in [0.2, 0.25) is 0 Å². The number of amides is 2. The first kappa shape index (κ1) is 23.7. The van der Waals surface area contributed by atoms with Crippen molar-refractivity contribution in [2.75, 3.05) is 0 Å². The van der Waals surface area contributed by atoms with Crippen molar-refractivity contribution < 1.29 is 18.5 Å². The van der Waals surface area contributed by atoms with E-state index < -0.39 is 33.4 Å². The second-order valence-electron chi connectivity index (χ2n) is 8.47. The normalized spacial score (nSPS) is 15.2. The van der Waals surface area contributed by atoms with E-state index in [9.17, 15) is 13.8 Å². The number of aliphatic imine (C=N–C) groups is 1. The summed E-state index contributed by atoms with van der Waals surface area (Å²) in [6, 6.07) is 12.5. The van der Waals surface area contributed by atoms with Gasteiger partial charge in [-0.2, -0.15) is 4.99 Å². The predicted octanol–water partition coefficient (Wildman–Crippen LogP) is 4.74. The molecule has 2 rings (SSSR count). The summed E-state index contributed by atoms with van der Waals surface area (Å²) in [5.41, 5.74) is -0.698. The monoisotopic (exact) mass is 431 g/mol. The second kappa shape index (κ2) is 9.49. The van der Waals surface area contributed by atoms with Crippen molar-refractivity contribution in [1.82, 2.24) is 0 Å². The van der Waals surface area contributed by atoms with Crippen LogP contribution < -0.4 is 5.14 Å². The van der Waals surface area contributed by atoms with Crippen LogP contribution in [0.4, 0.5) is 4.79 Å². The van der Waals surface area contributed by atoms with Gasteiger partial charge in [-0.15, -0.1) is 4.36 Å². The van der Waals surface area contributed by atoms with Gasteiger partial charge in [-0.05, 0) is 44.6 Å². The van der Waals surface area contributed by atoms with Gasteiger partial charge in [0.05, 0.1) is 10.8 Å². The van der Waals surface area contributed by atoms with Gasteiger partial charge in [-0.25, -0.2) is 14.1 Å². The van der Waals surface area contributed by atoms with Crippen LogP contribution in [0.5, 0.6) is 0 Å². The van der Waals surface area contributed by atoms with E-state index in [0.29, 0.717) is 16.7 Å². The number of fused-ring (bicyclic) bond motifs is 1. The number of rotatable bonds is 5. The zero-order chi connectivity index (χ0) is 22.5. The van der Waals surface area contributed by atoms with Crippen molar-refractivity contribution in [3.05, 3.63) is 42.5 Å². The lowest BCUT2D eigenvalue weighted by molar-refractivity contribution is -0.119. The van der Waals surface area contributed by atoms with E-state index in [1.54, 1.807) is 45.0 Å². The molecule has 0 saturated heterocycles. The molecule has 30 heavy (non-hydrogen) atoms. The molecule has 162 valence electrons. The van der Waals surface area contributed by atoms with E-state index in [0.717, 1.165) is 5.39 Å². The third kappa shape index (κ3) is 6.74. The Morgan fingerprint density at radius 1 is 1.13 bits per heavy atom. The Morgan fingerprint density at radius 2 is 1.77 bits per heavy atom. The minimum Gasteiger partial charge on any atom is -0.442 e. The van der Waals surface area contributed by atoms with Crippen molar-refractivity contribution in [3.63, 3.8) is 0 Å². The topological polar surface area (TPSA) is 111 Å². The number of hydrogen-bond acceptors (Lipinski definition) is 4. The zero-order valence-corrected chi connectivity index (χ0v) is 18.8. The van der Waals surface area contributed by atoms with Crippen LogP contribution in [0.25, 0.3) is 10.8 Å². The van der Waals surface area contributed by atoms with Crippen molar-refractivity contribution in [2.24, 2.45) is 26.3 Å². The molecule has 8 heteroatoms. The van der Waals surface area contributed by atoms with Crippen molar-refractivity contribution in [2.45, 2.75) is 51.5 Å². The molecule has 7 nitrogen and oxygen atoms in total. The van der Waals surface area contributed by atoms with Gasteiger partial charge in [0.25, 0.3) is 5.91 Å². The van der Waals surface area contributed by atoms with Crippen LogP contribution in [0, 0.1) is 11.8 Å². The van der Waals surface area contributed by atoms with Crippen LogP contribution in [-0.2, 0) is 19.4 Å². The number of nitrogens with two attached hydrogens (primary N) is 1. The Balaban J connectivity index is 2.38. The number of benzene rings is 2. The summed E-state index contributed by atoms with van der Waals surface area (Å²) in [4.78, 5) is 28.7. The largest absolute Gasteiger partial charge is 0.442 e. The molecule has 0 spiro atoms. The standard InChI is InChI=1S/C22H29N3O4S/c1-15(2)13-17(14-24-21(27)29-22(3,4)5)20(26)25-30(23,28)19-12-8-10-16-9-6-7-11-18(16)19/h6-12,14-15,17H,13H2,1-5H3,(H2,23,25,26,28). The van der Waals surface area contributed by atoms with Gasteiger partial charge < -0.3 is 4.74 Å². The number of carbonyl (C=O) groups is 2. The lowest BCUT2D eigenvalue weighted by Crippen LogP contribution is -2.24. The lowest BCUT2D eigenvalue weighted by Gasteiger charge is -2.17. The summed E-state index contributed by atoms with van der Waals surface area (Å²) in [6.45, 7) is 9.01. The Bertz CT molecular complexity index is 1070. The van der Waals surface area contributed by atoms with Gasteiger partial charge in [0, 0.05) is 11.6 Å². The maximum atomic E-state index is 13.2. The first-order valence-electron chi connectivity index (χ1n) is 9.73. The first-order chi connectivity index (χ1) is 13.9. The third-order valence-corrected chi connectivity index (χ3v) is 5.52. The van der Waals surface area contributed by atoms with Crippen molar-refractivity contribution >= 4 is 38.9 Å². The molecular formula is C22H29N3O4S. The SMILES string of the molecule is CC(C)CC(C=NC(=O)OC(C)(C)C)C(=O)N=S(N)(=O)c1cccc2ccccc12. The molecular weight excluding hydrogens is 402 g/mol. The van der Waals surface area contributed by atoms with Gasteiger partial charge in [-0.1, -0.05) is 50.2 Å². The van der Waals surface area contributed by atoms with Crippen LogP contribution >= 0.6 is 0 Å². The number of ether oxygens (including phenoxy) is 1. The highest BCUT2D eigenvalue weighted by Gasteiger charge is 2.22. The number of carbonyl (C=O) groups excluding carboxylic acids is 2. The van der Waals surface area contributed by atoms with Crippen molar-refractivity contribution in [1.29, 1.82) is 0 Å². The molecule has 0 radical (unpaired) electrons. The molecule has 0 aliphatic heterocycles. The van der Waals surface area contributed by atoms with Gasteiger partial charge >= 0.3 is 6.09 Å². The molecule has 0 bridgehead atoms. The summed E-state index contributed by atoms with van der Waals surface area (Å²) in [7, 11) is -3.49. The summed E-state index contributed by atoms with van der Waals surface area (Å²) in [5.74, 6) is -1.40. The summed E-state index contributed by atoms with van der Waals surface area (Å²) in [5, 5.41) is 7.54. The molecule has 0 aliphatic rings. The lowest BCUT2D eigenvalue weighted by atomic mass is 9.98. The smallest absolute Gasteiger partial charge is 0.433 e. The molecule has 2 atom stereocenters. The molecule has 2 unspecified atom stereocenters. The third-order valence-electron chi connectivity index (χ3n) is 4.09. The maximum Gasteiger partial charge on any atom is 0.433 e. The van der Waals surface area contributed by atoms with Crippen LogP contribution in [0.15, 0.2) is 56.7 Å². The highest BCUT2D eigenvalue weighted by molar-refractivity contribution is 7.92. The Morgan fingerprint density at radius 3 is 2.40 bits per heavy atom. The highest BCUT2D eigenvalue weighted by atomic mass is 32.2. The fourth-order valence-corrected chi connectivity index (χ4v) is 4.15. The number of hydrogen-bond donors (Lipinski definition) is 1. The zero-order valence-electron chi connectivity index (χ0n) is 18.0. The highest BCUT2D eigenvalue weighted by Crippen LogP contribution is 2.23. The average molecular weight is 432 g/mol. The predicted molar refractivity (Wildman–Crippen MR) is 120 cm³/mol. The van der Waals surface area contributed by atoms with Crippen LogP contribution in [0.1, 0.15) is 41.0 Å². The van der Waals surface area contributed by atoms with E-state index >= 15 is 0 Å². The van der Waals surface area contributed by atoms with Crippen LogP contribution in [0.3, 0.4) is 0 Å². The van der Waals surface area contributed by atoms with E-state index in [4.69, 9.17) is 9.88 Å². The molecule has 2 aromatic rings. The van der Waals surface area contributed by atoms with E-state index in [1.807, 2.05) is 32.0 Å². The summed E-state index contributed by atoms with van der Waals surface area (Å²) >= 11 is 0. The quantitative estimate of drug-likeness (QED) is 0.689. The van der Waals surface area contributed by atoms with Crippen molar-refractivity contribution in [3.8, 4) is 0 Å². The Hall–Kier alpha value is -2.58. The molecule has 0 heterocycles. The molecule has 0 aliphatic carbocycles. The van der Waals surface area contributed by atoms with Crippen LogP contribution in [-0.4, -0.2) is 28.0 Å².